The second kappa shape index (κ2) is 5.60. The molecule has 0 atom stereocenters. The van der Waals surface area contributed by atoms with Crippen LogP contribution in [0.4, 0.5) is 5.69 Å². The van der Waals surface area contributed by atoms with Gasteiger partial charge in [0.2, 0.25) is 0 Å². The lowest BCUT2D eigenvalue weighted by atomic mass is 10.2. The van der Waals surface area contributed by atoms with Gasteiger partial charge in [-0.25, -0.2) is 13.1 Å². The van der Waals surface area contributed by atoms with Crippen LogP contribution in [0.15, 0.2) is 47.4 Å². The second-order valence-corrected chi connectivity index (χ2v) is 7.20. The van der Waals surface area contributed by atoms with E-state index >= 15 is 0 Å². The predicted octanol–water partition coefficient (Wildman–Crippen LogP) is 2.30. The van der Waals surface area contributed by atoms with Crippen molar-refractivity contribution in [3.63, 3.8) is 0 Å². The number of benzene rings is 2. The van der Waals surface area contributed by atoms with E-state index in [1.807, 2.05) is 0 Å². The number of nitrogens with zero attached hydrogens (tertiary/aromatic N) is 4. The molecular weight excluding hydrogens is 344 g/mol. The molecule has 0 amide bonds. The molecule has 0 N–H and O–H groups in total. The average Bonchev–Trinajstić information content (AvgIpc) is 2.98. The van der Waals surface area contributed by atoms with E-state index in [4.69, 9.17) is 11.6 Å². The van der Waals surface area contributed by atoms with E-state index in [0.29, 0.717) is 11.0 Å². The fourth-order valence-corrected chi connectivity index (χ4v) is 3.20. The van der Waals surface area contributed by atoms with Crippen molar-refractivity contribution in [2.45, 2.75) is 4.90 Å². The summed E-state index contributed by atoms with van der Waals surface area (Å²) >= 11 is 5.39. The minimum atomic E-state index is -3.77. The zero-order valence-corrected chi connectivity index (χ0v) is 13.0. The molecule has 23 heavy (non-hydrogen) atoms. The highest BCUT2D eigenvalue weighted by atomic mass is 35.5. The molecule has 0 saturated heterocycles. The molecule has 0 unspecified atom stereocenters. The Bertz CT molecular complexity index is 1020. The Kier molecular flexibility index (Phi) is 3.74. The number of halogens is 1. The van der Waals surface area contributed by atoms with Gasteiger partial charge in [0, 0.05) is 6.07 Å². The van der Waals surface area contributed by atoms with Crippen LogP contribution in [0.5, 0.6) is 0 Å². The molecule has 0 aliphatic heterocycles. The van der Waals surface area contributed by atoms with Crippen molar-refractivity contribution in [1.29, 1.82) is 0 Å². The highest BCUT2D eigenvalue weighted by molar-refractivity contribution is 7.92. The third-order valence-electron chi connectivity index (χ3n) is 3.23. The monoisotopic (exact) mass is 352 g/mol. The maximum atomic E-state index is 11.8. The van der Waals surface area contributed by atoms with Gasteiger partial charge in [-0.05, 0) is 24.3 Å². The highest BCUT2D eigenvalue weighted by Crippen LogP contribution is 2.28. The van der Waals surface area contributed by atoms with Gasteiger partial charge in [-0.1, -0.05) is 17.3 Å². The number of nitro benzene ring substituents is 1. The summed E-state index contributed by atoms with van der Waals surface area (Å²) in [5.41, 5.74) is 0.867. The van der Waals surface area contributed by atoms with Crippen LogP contribution in [0, 0.1) is 10.1 Å². The zero-order chi connectivity index (χ0) is 16.6. The van der Waals surface area contributed by atoms with E-state index < -0.39 is 25.7 Å². The molecule has 0 bridgehead atoms. The number of sulfone groups is 1. The van der Waals surface area contributed by atoms with E-state index in [2.05, 4.69) is 10.3 Å². The Hall–Kier alpha value is -2.52. The summed E-state index contributed by atoms with van der Waals surface area (Å²) in [5.74, 6) is 0. The largest absolute Gasteiger partial charge is 0.296 e. The molecule has 1 aromatic heterocycles. The summed E-state index contributed by atoms with van der Waals surface area (Å²) in [5, 5.41) is 18.5. The number of aromatic nitrogens is 3. The van der Waals surface area contributed by atoms with Crippen LogP contribution in [0.25, 0.3) is 16.7 Å². The van der Waals surface area contributed by atoms with E-state index in [0.717, 1.165) is 6.07 Å². The third-order valence-corrected chi connectivity index (χ3v) is 5.35. The number of rotatable bonds is 4. The summed E-state index contributed by atoms with van der Waals surface area (Å²) in [6.07, 6.45) is 0. The van der Waals surface area contributed by atoms with Crippen molar-refractivity contribution >= 4 is 38.2 Å². The Balaban J connectivity index is 2.26. The van der Waals surface area contributed by atoms with E-state index in [1.165, 1.54) is 16.8 Å². The van der Waals surface area contributed by atoms with Crippen molar-refractivity contribution in [3.8, 4) is 5.69 Å². The minimum absolute atomic E-state index is 0.122. The van der Waals surface area contributed by atoms with Gasteiger partial charge in [0.1, 0.15) is 16.4 Å². The van der Waals surface area contributed by atoms with Gasteiger partial charge in [-0.15, -0.1) is 16.7 Å². The first-order chi connectivity index (χ1) is 10.9. The third kappa shape index (κ3) is 2.64. The summed E-state index contributed by atoms with van der Waals surface area (Å²) in [4.78, 5) is 10.5. The smallest absolute Gasteiger partial charge is 0.258 e. The van der Waals surface area contributed by atoms with Crippen LogP contribution in [0.3, 0.4) is 0 Å². The Morgan fingerprint density at radius 2 is 1.96 bits per heavy atom. The first-order valence-corrected chi connectivity index (χ1v) is 8.51. The van der Waals surface area contributed by atoms with Crippen LogP contribution in [0.2, 0.25) is 0 Å². The van der Waals surface area contributed by atoms with Crippen LogP contribution in [-0.2, 0) is 9.84 Å². The van der Waals surface area contributed by atoms with Crippen molar-refractivity contribution < 1.29 is 13.3 Å². The number of fused-ring (bicyclic) bond motifs is 1. The first kappa shape index (κ1) is 15.4. The van der Waals surface area contributed by atoms with Gasteiger partial charge in [-0.2, -0.15) is 0 Å². The number of nitro groups is 1. The van der Waals surface area contributed by atoms with Crippen molar-refractivity contribution in [2.24, 2.45) is 0 Å². The molecule has 118 valence electrons. The van der Waals surface area contributed by atoms with Crippen molar-refractivity contribution in [2.75, 3.05) is 5.21 Å². The summed E-state index contributed by atoms with van der Waals surface area (Å²) < 4.78 is 24.9. The van der Waals surface area contributed by atoms with Gasteiger partial charge in [-0.3, -0.25) is 10.1 Å². The Morgan fingerprint density at radius 3 is 2.65 bits per heavy atom. The van der Waals surface area contributed by atoms with Crippen LogP contribution >= 0.6 is 11.6 Å². The Labute approximate surface area is 135 Å². The standard InChI is InChI=1S/C13H9ClN4O4S/c14-8-23(21,22)9-5-6-12(13(7-9)18(19)20)17-11-4-2-1-3-10(11)15-16-17/h1-7H,8H2. The number of alkyl halides is 1. The van der Waals surface area contributed by atoms with E-state index in [9.17, 15) is 18.5 Å². The number of hydrogen-bond donors (Lipinski definition) is 0. The van der Waals surface area contributed by atoms with E-state index in [-0.39, 0.29) is 10.6 Å². The van der Waals surface area contributed by atoms with Crippen molar-refractivity contribution in [1.82, 2.24) is 15.0 Å². The maximum Gasteiger partial charge on any atom is 0.296 e. The number of para-hydroxylation sites is 1. The van der Waals surface area contributed by atoms with Crippen LogP contribution < -0.4 is 0 Å². The highest BCUT2D eigenvalue weighted by Gasteiger charge is 2.23. The van der Waals surface area contributed by atoms with Crippen LogP contribution in [-0.4, -0.2) is 33.5 Å². The first-order valence-electron chi connectivity index (χ1n) is 6.32. The molecule has 0 fully saturated rings. The maximum absolute atomic E-state index is 11.8. The molecule has 2 aromatic carbocycles. The lowest BCUT2D eigenvalue weighted by Gasteiger charge is -2.06. The zero-order valence-electron chi connectivity index (χ0n) is 11.5. The quantitative estimate of drug-likeness (QED) is 0.405. The fourth-order valence-electron chi connectivity index (χ4n) is 2.13. The molecule has 1 heterocycles. The molecule has 0 aliphatic carbocycles. The topological polar surface area (TPSA) is 108 Å². The summed E-state index contributed by atoms with van der Waals surface area (Å²) in [6, 6.07) is 10.5. The Morgan fingerprint density at radius 1 is 1.22 bits per heavy atom. The molecule has 0 saturated carbocycles. The van der Waals surface area contributed by atoms with Gasteiger partial charge in [0.25, 0.3) is 5.69 Å². The number of hydrogen-bond acceptors (Lipinski definition) is 6. The lowest BCUT2D eigenvalue weighted by molar-refractivity contribution is -0.384. The van der Waals surface area contributed by atoms with E-state index in [1.54, 1.807) is 24.3 Å². The second-order valence-electron chi connectivity index (χ2n) is 4.62. The molecule has 0 radical (unpaired) electrons. The average molecular weight is 353 g/mol. The van der Waals surface area contributed by atoms with Gasteiger partial charge < -0.3 is 0 Å². The van der Waals surface area contributed by atoms with Crippen molar-refractivity contribution in [3.05, 3.63) is 52.6 Å². The molecular formula is C13H9ClN4O4S. The normalized spacial score (nSPS) is 11.7. The summed E-state index contributed by atoms with van der Waals surface area (Å²) in [7, 11) is -3.77. The molecule has 3 aromatic rings. The van der Waals surface area contributed by atoms with Gasteiger partial charge >= 0.3 is 0 Å². The fraction of sp³-hybridized carbons (Fsp3) is 0.0769. The molecule has 0 aliphatic rings. The molecule has 10 heteroatoms. The SMILES string of the molecule is O=[N+]([O-])c1cc(S(=O)(=O)CCl)ccc1-n1nnc2ccccc21. The van der Waals surface area contributed by atoms with Gasteiger partial charge in [0.15, 0.2) is 9.84 Å². The van der Waals surface area contributed by atoms with Crippen LogP contribution in [0.1, 0.15) is 0 Å². The summed E-state index contributed by atoms with van der Waals surface area (Å²) in [6.45, 7) is 0. The lowest BCUT2D eigenvalue weighted by Crippen LogP contribution is -2.06. The predicted molar refractivity (Wildman–Crippen MR) is 83.4 cm³/mol. The molecule has 3 rings (SSSR count). The van der Waals surface area contributed by atoms with Gasteiger partial charge in [0.05, 0.1) is 15.3 Å². The minimum Gasteiger partial charge on any atom is -0.258 e. The molecule has 0 spiro atoms. The molecule has 8 nitrogen and oxygen atoms in total.